The number of benzene rings is 1. The average molecular weight is 358 g/mol. The first-order valence-corrected chi connectivity index (χ1v) is 8.04. The Hall–Kier alpha value is -2.69. The maximum absolute atomic E-state index is 13.2. The van der Waals surface area contributed by atoms with Crippen LogP contribution in [0.3, 0.4) is 0 Å². The lowest BCUT2D eigenvalue weighted by molar-refractivity contribution is 0.0300. The molecule has 3 heterocycles. The van der Waals surface area contributed by atoms with Crippen molar-refractivity contribution < 1.29 is 9.13 Å². The second kappa shape index (κ2) is 6.31. The molecule has 25 heavy (non-hydrogen) atoms. The summed E-state index contributed by atoms with van der Waals surface area (Å²) >= 11 is 6.06. The molecule has 6 nitrogen and oxygen atoms in total. The highest BCUT2D eigenvalue weighted by atomic mass is 35.5. The van der Waals surface area contributed by atoms with Crippen molar-refractivity contribution in [2.75, 3.05) is 5.32 Å². The van der Waals surface area contributed by atoms with Crippen molar-refractivity contribution in [3.63, 3.8) is 0 Å². The van der Waals surface area contributed by atoms with Crippen LogP contribution in [0.5, 0.6) is 0 Å². The normalized spacial score (nSPS) is 19.9. The number of nitrogens with zero attached hydrogens (tertiary/aromatic N) is 4. The molecule has 0 aliphatic carbocycles. The van der Waals surface area contributed by atoms with Gasteiger partial charge in [-0.3, -0.25) is 4.57 Å². The second-order valence-corrected chi connectivity index (χ2v) is 6.03. The zero-order chi connectivity index (χ0) is 17.4. The third-order valence-corrected chi connectivity index (χ3v) is 4.35. The van der Waals surface area contributed by atoms with E-state index in [9.17, 15) is 4.39 Å². The highest BCUT2D eigenvalue weighted by molar-refractivity contribution is 6.33. The van der Waals surface area contributed by atoms with Gasteiger partial charge in [-0.25, -0.2) is 19.3 Å². The van der Waals surface area contributed by atoms with E-state index in [1.54, 1.807) is 12.4 Å². The SMILES string of the molecule is C#CC1CCC(n2cnc3c(Nc4ccc(F)cc4Cl)ncnc32)O1. The number of fused-ring (bicyclic) bond motifs is 1. The molecule has 0 saturated carbocycles. The molecule has 1 N–H and O–H groups in total. The second-order valence-electron chi connectivity index (χ2n) is 5.62. The number of aromatic nitrogens is 4. The first-order valence-electron chi connectivity index (χ1n) is 7.67. The van der Waals surface area contributed by atoms with E-state index in [1.807, 2.05) is 4.57 Å². The number of hydrogen-bond donors (Lipinski definition) is 1. The number of nitrogens with one attached hydrogen (secondary N) is 1. The fourth-order valence-electron chi connectivity index (χ4n) is 2.82. The molecule has 1 fully saturated rings. The average Bonchev–Trinajstić information content (AvgIpc) is 3.24. The van der Waals surface area contributed by atoms with E-state index in [4.69, 9.17) is 22.8 Å². The van der Waals surface area contributed by atoms with Gasteiger partial charge in [0.1, 0.15) is 24.5 Å². The number of ether oxygens (including phenoxy) is 1. The van der Waals surface area contributed by atoms with Crippen LogP contribution in [0, 0.1) is 18.2 Å². The summed E-state index contributed by atoms with van der Waals surface area (Å²) < 4.78 is 20.8. The van der Waals surface area contributed by atoms with Gasteiger partial charge in [-0.05, 0) is 31.0 Å². The fraction of sp³-hybridized carbons (Fsp3) is 0.235. The molecule has 2 atom stereocenters. The van der Waals surface area contributed by atoms with Crippen molar-refractivity contribution in [1.82, 2.24) is 19.5 Å². The number of imidazole rings is 1. The Morgan fingerprint density at radius 1 is 1.32 bits per heavy atom. The van der Waals surface area contributed by atoms with E-state index < -0.39 is 5.82 Å². The first-order chi connectivity index (χ1) is 12.2. The van der Waals surface area contributed by atoms with Crippen molar-refractivity contribution in [3.05, 3.63) is 41.7 Å². The predicted octanol–water partition coefficient (Wildman–Crippen LogP) is 3.67. The molecule has 126 valence electrons. The van der Waals surface area contributed by atoms with E-state index in [2.05, 4.69) is 26.2 Å². The monoisotopic (exact) mass is 357 g/mol. The molecule has 2 unspecified atom stereocenters. The number of terminal acetylenes is 1. The summed E-state index contributed by atoms with van der Waals surface area (Å²) in [6.07, 6.45) is 9.68. The first kappa shape index (κ1) is 15.8. The van der Waals surface area contributed by atoms with E-state index in [1.165, 1.54) is 18.5 Å². The van der Waals surface area contributed by atoms with Crippen molar-refractivity contribution in [1.29, 1.82) is 0 Å². The summed E-state index contributed by atoms with van der Waals surface area (Å²) in [6.45, 7) is 0. The molecule has 0 spiro atoms. The van der Waals surface area contributed by atoms with Crippen LogP contribution in [0.15, 0.2) is 30.9 Å². The van der Waals surface area contributed by atoms with E-state index >= 15 is 0 Å². The van der Waals surface area contributed by atoms with Gasteiger partial charge in [0.05, 0.1) is 17.0 Å². The largest absolute Gasteiger partial charge is 0.342 e. The van der Waals surface area contributed by atoms with Gasteiger partial charge in [0, 0.05) is 0 Å². The summed E-state index contributed by atoms with van der Waals surface area (Å²) in [6, 6.07) is 4.09. The Morgan fingerprint density at radius 3 is 2.96 bits per heavy atom. The molecule has 0 bridgehead atoms. The van der Waals surface area contributed by atoms with Crippen LogP contribution in [0.25, 0.3) is 11.2 Å². The highest BCUT2D eigenvalue weighted by Gasteiger charge is 2.27. The van der Waals surface area contributed by atoms with E-state index in [0.717, 1.165) is 12.8 Å². The molecule has 0 amide bonds. The lowest BCUT2D eigenvalue weighted by atomic mass is 10.2. The summed E-state index contributed by atoms with van der Waals surface area (Å²) in [5.74, 6) is 2.68. The zero-order valence-corrected chi connectivity index (χ0v) is 13.7. The van der Waals surface area contributed by atoms with E-state index in [-0.39, 0.29) is 17.4 Å². The molecule has 3 aromatic rings. The maximum atomic E-state index is 13.2. The van der Waals surface area contributed by atoms with Crippen LogP contribution in [-0.4, -0.2) is 25.6 Å². The van der Waals surface area contributed by atoms with Gasteiger partial charge in [0.2, 0.25) is 0 Å². The van der Waals surface area contributed by atoms with Gasteiger partial charge in [0.15, 0.2) is 17.0 Å². The number of hydrogen-bond acceptors (Lipinski definition) is 5. The van der Waals surface area contributed by atoms with Gasteiger partial charge >= 0.3 is 0 Å². The van der Waals surface area contributed by atoms with Gasteiger partial charge in [-0.15, -0.1) is 6.42 Å². The Kier molecular flexibility index (Phi) is 3.99. The third-order valence-electron chi connectivity index (χ3n) is 4.04. The van der Waals surface area contributed by atoms with Crippen LogP contribution in [0.4, 0.5) is 15.9 Å². The van der Waals surface area contributed by atoms with Crippen molar-refractivity contribution in [2.24, 2.45) is 0 Å². The van der Waals surface area contributed by atoms with Gasteiger partial charge < -0.3 is 10.1 Å². The van der Waals surface area contributed by atoms with Crippen LogP contribution in [0.1, 0.15) is 19.1 Å². The minimum Gasteiger partial charge on any atom is -0.342 e. The molecule has 1 saturated heterocycles. The minimum atomic E-state index is -0.408. The van der Waals surface area contributed by atoms with Gasteiger partial charge in [-0.1, -0.05) is 17.5 Å². The Bertz CT molecular complexity index is 983. The molecule has 0 radical (unpaired) electrons. The van der Waals surface area contributed by atoms with Crippen molar-refractivity contribution >= 4 is 34.3 Å². The molecule has 1 aliphatic heterocycles. The van der Waals surface area contributed by atoms with Crippen molar-refractivity contribution in [2.45, 2.75) is 25.2 Å². The zero-order valence-electron chi connectivity index (χ0n) is 13.0. The fourth-order valence-corrected chi connectivity index (χ4v) is 3.03. The molecule has 1 aromatic carbocycles. The third kappa shape index (κ3) is 2.90. The predicted molar refractivity (Wildman–Crippen MR) is 92.0 cm³/mol. The quantitative estimate of drug-likeness (QED) is 0.724. The molecule has 8 heteroatoms. The Morgan fingerprint density at radius 2 is 2.20 bits per heavy atom. The number of halogens is 2. The lowest BCUT2D eigenvalue weighted by Crippen LogP contribution is -2.10. The Labute approximate surface area is 148 Å². The highest BCUT2D eigenvalue weighted by Crippen LogP contribution is 2.32. The van der Waals surface area contributed by atoms with Crippen LogP contribution in [0.2, 0.25) is 5.02 Å². The van der Waals surface area contributed by atoms with Crippen LogP contribution in [-0.2, 0) is 4.74 Å². The van der Waals surface area contributed by atoms with Gasteiger partial charge in [0.25, 0.3) is 0 Å². The molecule has 2 aromatic heterocycles. The summed E-state index contributed by atoms with van der Waals surface area (Å²) in [4.78, 5) is 12.9. The standard InChI is InChI=1S/C17H13ClFN5O/c1-2-11-4-6-14(25-11)24-9-22-15-16(20-8-21-17(15)24)23-13-5-3-10(19)7-12(13)18/h1,3,5,7-9,11,14H,4,6H2,(H,20,21,23). The van der Waals surface area contributed by atoms with E-state index in [0.29, 0.717) is 22.7 Å². The summed E-state index contributed by atoms with van der Waals surface area (Å²) in [5, 5.41) is 3.32. The molecular formula is C17H13ClFN5O. The topological polar surface area (TPSA) is 64.9 Å². The maximum Gasteiger partial charge on any atom is 0.167 e. The van der Waals surface area contributed by atoms with Gasteiger partial charge in [-0.2, -0.15) is 0 Å². The molecular weight excluding hydrogens is 345 g/mol. The lowest BCUT2D eigenvalue weighted by Gasteiger charge is -2.13. The minimum absolute atomic E-state index is 0.195. The van der Waals surface area contributed by atoms with Crippen molar-refractivity contribution in [3.8, 4) is 12.3 Å². The smallest absolute Gasteiger partial charge is 0.167 e. The number of rotatable bonds is 3. The summed E-state index contributed by atoms with van der Waals surface area (Å²) in [5.41, 5.74) is 1.72. The molecule has 1 aliphatic rings. The molecule has 4 rings (SSSR count). The van der Waals surface area contributed by atoms with Crippen LogP contribution < -0.4 is 5.32 Å². The summed E-state index contributed by atoms with van der Waals surface area (Å²) in [7, 11) is 0. The van der Waals surface area contributed by atoms with Crippen LogP contribution >= 0.6 is 11.6 Å². The Balaban J connectivity index is 1.69. The number of anilines is 2.